The number of ether oxygens (including phenoxy) is 1. The number of carboxylic acids is 1. The van der Waals surface area contributed by atoms with Crippen molar-refractivity contribution in [2.75, 3.05) is 33.4 Å². The Bertz CT molecular complexity index is 469. The maximum atomic E-state index is 12.5. The van der Waals surface area contributed by atoms with Crippen LogP contribution in [0.2, 0.25) is 0 Å². The van der Waals surface area contributed by atoms with E-state index in [0.29, 0.717) is 13.0 Å². The molecule has 118 valence electrons. The molecule has 3 unspecified atom stereocenters. The van der Waals surface area contributed by atoms with E-state index in [2.05, 4.69) is 0 Å². The summed E-state index contributed by atoms with van der Waals surface area (Å²) in [5.74, 6) is -2.11. The Morgan fingerprint density at radius 2 is 2.05 bits per heavy atom. The highest BCUT2D eigenvalue weighted by molar-refractivity contribution is 5.83. The van der Waals surface area contributed by atoms with E-state index in [4.69, 9.17) is 15.6 Å². The summed E-state index contributed by atoms with van der Waals surface area (Å²) in [7, 11) is 1.57. The second-order valence-electron chi connectivity index (χ2n) is 6.04. The number of likely N-dealkylation sites (N-methyl/N-ethyl adjacent to an activating group) is 1. The predicted molar refractivity (Wildman–Crippen MR) is 72.4 cm³/mol. The number of carbonyl (C=O) groups excluding carboxylic acids is 2. The van der Waals surface area contributed by atoms with Crippen LogP contribution < -0.4 is 5.73 Å². The Morgan fingerprint density at radius 3 is 2.57 bits per heavy atom. The number of likely N-dealkylation sites (tertiary alicyclic amines) is 1. The van der Waals surface area contributed by atoms with Crippen LogP contribution in [-0.4, -0.2) is 72.2 Å². The summed E-state index contributed by atoms with van der Waals surface area (Å²) in [5, 5.41) is 9.14. The number of carbonyl (C=O) groups is 3. The summed E-state index contributed by atoms with van der Waals surface area (Å²) in [4.78, 5) is 38.0. The topological polar surface area (TPSA) is 113 Å². The highest BCUT2D eigenvalue weighted by Crippen LogP contribution is 2.31. The molecule has 0 aromatic heterocycles. The number of amides is 3. The molecule has 2 saturated heterocycles. The smallest absolute Gasteiger partial charge is 0.320 e. The van der Waals surface area contributed by atoms with Crippen molar-refractivity contribution in [3.8, 4) is 0 Å². The van der Waals surface area contributed by atoms with E-state index in [-0.39, 0.29) is 25.8 Å². The number of nitrogens with two attached hydrogens (primary N) is 1. The Kier molecular flexibility index (Phi) is 4.08. The molecule has 3 N–H and O–H groups in total. The number of nitrogens with zero attached hydrogens (tertiary/aromatic N) is 2. The number of rotatable bonds is 3. The zero-order valence-corrected chi connectivity index (χ0v) is 12.2. The lowest BCUT2D eigenvalue weighted by Gasteiger charge is -2.31. The molecule has 2 fully saturated rings. The third kappa shape index (κ3) is 2.80. The molecule has 0 bridgehead atoms. The van der Waals surface area contributed by atoms with Crippen molar-refractivity contribution >= 4 is 17.9 Å². The Labute approximate surface area is 122 Å². The second-order valence-corrected chi connectivity index (χ2v) is 6.04. The lowest BCUT2D eigenvalue weighted by molar-refractivity contribution is -0.142. The zero-order valence-electron chi connectivity index (χ0n) is 12.2. The standard InChI is InChI=1S/C13H21N3O5/c1-13(11(14)19)3-4-16(7-13)12(20)15(2)9-6-21-5-8(9)10(17)18/h8-9H,3-7H2,1-2H3,(H2,14,19)(H,17,18). The van der Waals surface area contributed by atoms with Gasteiger partial charge in [-0.05, 0) is 13.3 Å². The Hall–Kier alpha value is -1.83. The molecule has 2 aliphatic rings. The maximum Gasteiger partial charge on any atom is 0.320 e. The van der Waals surface area contributed by atoms with Gasteiger partial charge in [0.2, 0.25) is 5.91 Å². The van der Waals surface area contributed by atoms with Gasteiger partial charge in [0.1, 0.15) is 5.92 Å². The number of aliphatic carboxylic acids is 1. The van der Waals surface area contributed by atoms with E-state index in [1.807, 2.05) is 0 Å². The van der Waals surface area contributed by atoms with Crippen LogP contribution in [0.1, 0.15) is 13.3 Å². The number of carboxylic acid groups (broad SMARTS) is 1. The van der Waals surface area contributed by atoms with Crippen LogP contribution in [0.25, 0.3) is 0 Å². The van der Waals surface area contributed by atoms with Crippen molar-refractivity contribution < 1.29 is 24.2 Å². The fourth-order valence-electron chi connectivity index (χ4n) is 2.85. The third-order valence-electron chi connectivity index (χ3n) is 4.51. The minimum absolute atomic E-state index is 0.108. The normalized spacial score (nSPS) is 32.2. The van der Waals surface area contributed by atoms with Crippen LogP contribution in [-0.2, 0) is 14.3 Å². The van der Waals surface area contributed by atoms with Gasteiger partial charge in [-0.2, -0.15) is 0 Å². The quantitative estimate of drug-likeness (QED) is 0.718. The minimum Gasteiger partial charge on any atom is -0.481 e. The molecule has 2 aliphatic heterocycles. The Balaban J connectivity index is 2.04. The fourth-order valence-corrected chi connectivity index (χ4v) is 2.85. The lowest BCUT2D eigenvalue weighted by atomic mass is 9.89. The van der Waals surface area contributed by atoms with Gasteiger partial charge in [0, 0.05) is 20.1 Å². The highest BCUT2D eigenvalue weighted by Gasteiger charge is 2.44. The SMILES string of the molecule is CN(C(=O)N1CCC(C)(C(N)=O)C1)C1COCC1C(=O)O. The van der Waals surface area contributed by atoms with E-state index in [0.717, 1.165) is 0 Å². The van der Waals surface area contributed by atoms with Crippen LogP contribution in [0.3, 0.4) is 0 Å². The number of hydrogen-bond donors (Lipinski definition) is 2. The van der Waals surface area contributed by atoms with Crippen LogP contribution in [0.15, 0.2) is 0 Å². The number of hydrogen-bond acceptors (Lipinski definition) is 4. The van der Waals surface area contributed by atoms with Crippen molar-refractivity contribution in [2.24, 2.45) is 17.1 Å². The van der Waals surface area contributed by atoms with Gasteiger partial charge in [0.05, 0.1) is 24.7 Å². The average molecular weight is 299 g/mol. The van der Waals surface area contributed by atoms with Gasteiger partial charge < -0.3 is 25.4 Å². The molecule has 0 radical (unpaired) electrons. The van der Waals surface area contributed by atoms with E-state index in [1.54, 1.807) is 18.9 Å². The summed E-state index contributed by atoms with van der Waals surface area (Å²) in [6, 6.07) is -0.780. The van der Waals surface area contributed by atoms with E-state index in [1.165, 1.54) is 4.90 Å². The molecule has 3 amide bonds. The summed E-state index contributed by atoms with van der Waals surface area (Å²) in [6.07, 6.45) is 0.519. The zero-order chi connectivity index (χ0) is 15.8. The lowest BCUT2D eigenvalue weighted by Crippen LogP contribution is -2.50. The summed E-state index contributed by atoms with van der Waals surface area (Å²) in [5.41, 5.74) is 4.65. The molecule has 0 spiro atoms. The fraction of sp³-hybridized carbons (Fsp3) is 0.769. The highest BCUT2D eigenvalue weighted by atomic mass is 16.5. The molecular weight excluding hydrogens is 278 g/mol. The Morgan fingerprint density at radius 1 is 1.38 bits per heavy atom. The van der Waals surface area contributed by atoms with E-state index >= 15 is 0 Å². The molecular formula is C13H21N3O5. The van der Waals surface area contributed by atoms with Gasteiger partial charge in [0.15, 0.2) is 0 Å². The molecule has 8 nitrogen and oxygen atoms in total. The summed E-state index contributed by atoms with van der Waals surface area (Å²) in [6.45, 7) is 2.75. The van der Waals surface area contributed by atoms with E-state index in [9.17, 15) is 14.4 Å². The molecule has 0 aromatic carbocycles. The van der Waals surface area contributed by atoms with Crippen molar-refractivity contribution in [1.82, 2.24) is 9.80 Å². The first kappa shape index (κ1) is 15.6. The molecule has 2 rings (SSSR count). The van der Waals surface area contributed by atoms with Crippen molar-refractivity contribution in [3.63, 3.8) is 0 Å². The first-order chi connectivity index (χ1) is 9.76. The van der Waals surface area contributed by atoms with Crippen LogP contribution in [0.4, 0.5) is 4.79 Å². The predicted octanol–water partition coefficient (Wildman–Crippen LogP) is -0.665. The first-order valence-corrected chi connectivity index (χ1v) is 6.88. The maximum absolute atomic E-state index is 12.5. The van der Waals surface area contributed by atoms with Crippen molar-refractivity contribution in [3.05, 3.63) is 0 Å². The van der Waals surface area contributed by atoms with Crippen LogP contribution in [0, 0.1) is 11.3 Å². The average Bonchev–Trinajstić information content (AvgIpc) is 3.04. The minimum atomic E-state index is -0.972. The van der Waals surface area contributed by atoms with Gasteiger partial charge in [-0.1, -0.05) is 0 Å². The monoisotopic (exact) mass is 299 g/mol. The molecule has 0 aliphatic carbocycles. The number of urea groups is 1. The second kappa shape index (κ2) is 5.51. The van der Waals surface area contributed by atoms with Gasteiger partial charge in [-0.3, -0.25) is 9.59 Å². The van der Waals surface area contributed by atoms with Crippen molar-refractivity contribution in [1.29, 1.82) is 0 Å². The van der Waals surface area contributed by atoms with Gasteiger partial charge in [-0.15, -0.1) is 0 Å². The summed E-state index contributed by atoms with van der Waals surface area (Å²) >= 11 is 0. The molecule has 0 saturated carbocycles. The third-order valence-corrected chi connectivity index (χ3v) is 4.51. The van der Waals surface area contributed by atoms with Gasteiger partial charge >= 0.3 is 12.0 Å². The van der Waals surface area contributed by atoms with Crippen LogP contribution in [0.5, 0.6) is 0 Å². The molecule has 3 atom stereocenters. The largest absolute Gasteiger partial charge is 0.481 e. The molecule has 21 heavy (non-hydrogen) atoms. The molecule has 2 heterocycles. The summed E-state index contributed by atoms with van der Waals surface area (Å²) < 4.78 is 5.18. The van der Waals surface area contributed by atoms with E-state index < -0.39 is 29.3 Å². The van der Waals surface area contributed by atoms with Gasteiger partial charge in [0.25, 0.3) is 0 Å². The van der Waals surface area contributed by atoms with Gasteiger partial charge in [-0.25, -0.2) is 4.79 Å². The first-order valence-electron chi connectivity index (χ1n) is 6.88. The molecule has 8 heteroatoms. The number of primary amides is 1. The molecule has 0 aromatic rings. The van der Waals surface area contributed by atoms with Crippen LogP contribution >= 0.6 is 0 Å². The van der Waals surface area contributed by atoms with Crippen molar-refractivity contribution in [2.45, 2.75) is 19.4 Å².